The van der Waals surface area contributed by atoms with Crippen LogP contribution in [-0.2, 0) is 6.54 Å². The highest BCUT2D eigenvalue weighted by Gasteiger charge is 2.06. The lowest BCUT2D eigenvalue weighted by atomic mass is 10.2. The van der Waals surface area contributed by atoms with Gasteiger partial charge in [0.2, 0.25) is 0 Å². The molecule has 1 aromatic carbocycles. The maximum atomic E-state index is 9.82. The van der Waals surface area contributed by atoms with Gasteiger partial charge in [-0.15, -0.1) is 0 Å². The quantitative estimate of drug-likeness (QED) is 0.807. The number of nitrogens with one attached hydrogen (secondary N) is 1. The van der Waals surface area contributed by atoms with Crippen molar-refractivity contribution >= 4 is 0 Å². The Hall–Kier alpha value is -1.85. The third kappa shape index (κ3) is 4.68. The molecule has 0 fully saturated rings. The van der Waals surface area contributed by atoms with Crippen LogP contribution in [0.15, 0.2) is 34.9 Å². The number of benzene rings is 1. The molecule has 0 aliphatic carbocycles. The van der Waals surface area contributed by atoms with Crippen molar-refractivity contribution in [1.29, 1.82) is 0 Å². The van der Waals surface area contributed by atoms with E-state index in [0.717, 1.165) is 17.2 Å². The first-order valence-corrected chi connectivity index (χ1v) is 6.64. The first-order valence-electron chi connectivity index (χ1n) is 6.64. The Bertz CT molecular complexity index is 522. The van der Waals surface area contributed by atoms with Crippen molar-refractivity contribution in [2.75, 3.05) is 13.2 Å². The van der Waals surface area contributed by atoms with Gasteiger partial charge in [0.05, 0.1) is 5.69 Å². The molecule has 0 spiro atoms. The standard InChI is InChI=1S/C15H20N2O3/c1-11-3-5-15(6-4-11)19-10-14(18)9-16-8-13-7-12(2)20-17-13/h3-7,14,16,18H,8-10H2,1-2H3. The van der Waals surface area contributed by atoms with E-state index >= 15 is 0 Å². The Balaban J connectivity index is 1.65. The minimum Gasteiger partial charge on any atom is -0.491 e. The molecule has 1 aromatic heterocycles. The predicted octanol–water partition coefficient (Wildman–Crippen LogP) is 1.82. The molecule has 0 radical (unpaired) electrons. The molecule has 1 heterocycles. The molecule has 20 heavy (non-hydrogen) atoms. The summed E-state index contributed by atoms with van der Waals surface area (Å²) in [6, 6.07) is 9.61. The van der Waals surface area contributed by atoms with Crippen LogP contribution in [-0.4, -0.2) is 29.5 Å². The fraction of sp³-hybridized carbons (Fsp3) is 0.400. The van der Waals surface area contributed by atoms with Gasteiger partial charge >= 0.3 is 0 Å². The van der Waals surface area contributed by atoms with Crippen LogP contribution < -0.4 is 10.1 Å². The van der Waals surface area contributed by atoms with Gasteiger partial charge in [0.15, 0.2) is 0 Å². The van der Waals surface area contributed by atoms with Crippen molar-refractivity contribution in [2.45, 2.75) is 26.5 Å². The van der Waals surface area contributed by atoms with Crippen molar-refractivity contribution in [2.24, 2.45) is 0 Å². The van der Waals surface area contributed by atoms with Crippen LogP contribution in [0.25, 0.3) is 0 Å². The van der Waals surface area contributed by atoms with E-state index in [9.17, 15) is 5.11 Å². The molecule has 0 bridgehead atoms. The average Bonchev–Trinajstić information content (AvgIpc) is 2.84. The summed E-state index contributed by atoms with van der Waals surface area (Å²) in [6.07, 6.45) is -0.565. The lowest BCUT2D eigenvalue weighted by Crippen LogP contribution is -2.31. The van der Waals surface area contributed by atoms with E-state index in [0.29, 0.717) is 13.1 Å². The lowest BCUT2D eigenvalue weighted by molar-refractivity contribution is 0.106. The zero-order chi connectivity index (χ0) is 14.4. The Morgan fingerprint density at radius 3 is 2.70 bits per heavy atom. The van der Waals surface area contributed by atoms with Gasteiger partial charge in [-0.3, -0.25) is 0 Å². The lowest BCUT2D eigenvalue weighted by Gasteiger charge is -2.12. The fourth-order valence-electron chi connectivity index (χ4n) is 1.75. The maximum absolute atomic E-state index is 9.82. The highest BCUT2D eigenvalue weighted by atomic mass is 16.5. The summed E-state index contributed by atoms with van der Waals surface area (Å²) in [5, 5.41) is 16.8. The number of aromatic nitrogens is 1. The molecule has 2 aromatic rings. The number of hydrogen-bond donors (Lipinski definition) is 2. The summed E-state index contributed by atoms with van der Waals surface area (Å²) in [7, 11) is 0. The maximum Gasteiger partial charge on any atom is 0.133 e. The van der Waals surface area contributed by atoms with Crippen LogP contribution >= 0.6 is 0 Å². The van der Waals surface area contributed by atoms with E-state index < -0.39 is 6.10 Å². The van der Waals surface area contributed by atoms with Gasteiger partial charge in [-0.1, -0.05) is 22.9 Å². The minimum atomic E-state index is -0.565. The summed E-state index contributed by atoms with van der Waals surface area (Å²) in [5.41, 5.74) is 2.01. The van der Waals surface area contributed by atoms with E-state index in [2.05, 4.69) is 10.5 Å². The second-order valence-electron chi connectivity index (χ2n) is 4.84. The monoisotopic (exact) mass is 276 g/mol. The van der Waals surface area contributed by atoms with Gasteiger partial charge in [0.25, 0.3) is 0 Å². The van der Waals surface area contributed by atoms with Gasteiger partial charge in [-0.05, 0) is 26.0 Å². The Labute approximate surface area is 118 Å². The molecular weight excluding hydrogens is 256 g/mol. The first-order chi connectivity index (χ1) is 9.63. The Morgan fingerprint density at radius 1 is 1.30 bits per heavy atom. The summed E-state index contributed by atoms with van der Waals surface area (Å²) in [4.78, 5) is 0. The molecule has 1 unspecified atom stereocenters. The topological polar surface area (TPSA) is 67.5 Å². The molecule has 0 amide bonds. The van der Waals surface area contributed by atoms with Crippen molar-refractivity contribution in [3.8, 4) is 5.75 Å². The molecular formula is C15H20N2O3. The third-order valence-electron chi connectivity index (χ3n) is 2.83. The smallest absolute Gasteiger partial charge is 0.133 e. The van der Waals surface area contributed by atoms with Crippen LogP contribution in [0.5, 0.6) is 5.75 Å². The molecule has 108 valence electrons. The van der Waals surface area contributed by atoms with Gasteiger partial charge in [0.1, 0.15) is 24.2 Å². The first kappa shape index (κ1) is 14.6. The molecule has 0 saturated heterocycles. The van der Waals surface area contributed by atoms with E-state index in [1.807, 2.05) is 44.2 Å². The molecule has 2 N–H and O–H groups in total. The largest absolute Gasteiger partial charge is 0.491 e. The number of rotatable bonds is 7. The second-order valence-corrected chi connectivity index (χ2v) is 4.84. The molecule has 0 aliphatic rings. The summed E-state index contributed by atoms with van der Waals surface area (Å²) < 4.78 is 10.5. The molecule has 5 nitrogen and oxygen atoms in total. The fourth-order valence-corrected chi connectivity index (χ4v) is 1.75. The summed E-state index contributed by atoms with van der Waals surface area (Å²) >= 11 is 0. The molecule has 0 saturated carbocycles. The van der Waals surface area contributed by atoms with E-state index in [1.165, 1.54) is 5.56 Å². The minimum absolute atomic E-state index is 0.258. The van der Waals surface area contributed by atoms with E-state index in [-0.39, 0.29) is 6.61 Å². The highest BCUT2D eigenvalue weighted by molar-refractivity contribution is 5.26. The van der Waals surface area contributed by atoms with Crippen molar-refractivity contribution in [3.63, 3.8) is 0 Å². The van der Waals surface area contributed by atoms with Gasteiger partial charge in [-0.25, -0.2) is 0 Å². The predicted molar refractivity (Wildman–Crippen MR) is 75.6 cm³/mol. The van der Waals surface area contributed by atoms with Gasteiger partial charge in [-0.2, -0.15) is 0 Å². The molecule has 2 rings (SSSR count). The third-order valence-corrected chi connectivity index (χ3v) is 2.83. The number of aliphatic hydroxyl groups excluding tert-OH is 1. The Kier molecular flexibility index (Phi) is 5.15. The van der Waals surface area contributed by atoms with E-state index in [1.54, 1.807) is 0 Å². The molecule has 0 aliphatic heterocycles. The number of aryl methyl sites for hydroxylation is 2. The Morgan fingerprint density at radius 2 is 2.05 bits per heavy atom. The average molecular weight is 276 g/mol. The zero-order valence-electron chi connectivity index (χ0n) is 11.8. The van der Waals surface area contributed by atoms with Crippen LogP contribution in [0.3, 0.4) is 0 Å². The van der Waals surface area contributed by atoms with Crippen molar-refractivity contribution in [3.05, 3.63) is 47.3 Å². The molecule has 5 heteroatoms. The van der Waals surface area contributed by atoms with Crippen LogP contribution in [0.4, 0.5) is 0 Å². The highest BCUT2D eigenvalue weighted by Crippen LogP contribution is 2.11. The number of ether oxygens (including phenoxy) is 1. The van der Waals surface area contributed by atoms with Gasteiger partial charge < -0.3 is 19.7 Å². The number of nitrogens with zero attached hydrogens (tertiary/aromatic N) is 1. The number of aliphatic hydroxyl groups is 1. The number of hydrogen-bond acceptors (Lipinski definition) is 5. The van der Waals surface area contributed by atoms with E-state index in [4.69, 9.17) is 9.26 Å². The SMILES string of the molecule is Cc1ccc(OCC(O)CNCc2cc(C)on2)cc1. The van der Waals surface area contributed by atoms with Crippen molar-refractivity contribution in [1.82, 2.24) is 10.5 Å². The molecule has 1 atom stereocenters. The van der Waals surface area contributed by atoms with Crippen LogP contribution in [0, 0.1) is 13.8 Å². The van der Waals surface area contributed by atoms with Crippen LogP contribution in [0.1, 0.15) is 17.0 Å². The second kappa shape index (κ2) is 7.07. The van der Waals surface area contributed by atoms with Crippen molar-refractivity contribution < 1.29 is 14.4 Å². The normalized spacial score (nSPS) is 12.3. The van der Waals surface area contributed by atoms with Gasteiger partial charge in [0, 0.05) is 19.2 Å². The summed E-state index contributed by atoms with van der Waals surface area (Å²) in [6.45, 7) is 5.14. The summed E-state index contributed by atoms with van der Waals surface area (Å²) in [5.74, 6) is 1.55. The zero-order valence-corrected chi connectivity index (χ0v) is 11.8. The van der Waals surface area contributed by atoms with Crippen LogP contribution in [0.2, 0.25) is 0 Å².